The minimum absolute atomic E-state index is 0.238. The second kappa shape index (κ2) is 10.9. The van der Waals surface area contributed by atoms with Crippen molar-refractivity contribution >= 4 is 50.8 Å². The van der Waals surface area contributed by atoms with E-state index in [4.69, 9.17) is 14.2 Å². The summed E-state index contributed by atoms with van der Waals surface area (Å²) in [7, 11) is 3.13. The van der Waals surface area contributed by atoms with Gasteiger partial charge in [-0.1, -0.05) is 0 Å². The summed E-state index contributed by atoms with van der Waals surface area (Å²) in [4.78, 5) is 32.5. The minimum atomic E-state index is -0.603. The number of hydrogen-bond acceptors (Lipinski definition) is 7. The van der Waals surface area contributed by atoms with Gasteiger partial charge in [-0.25, -0.2) is 9.78 Å². The molecule has 2 N–H and O–H groups in total. The predicted molar refractivity (Wildman–Crippen MR) is 139 cm³/mol. The van der Waals surface area contributed by atoms with E-state index in [0.717, 1.165) is 16.0 Å². The number of urea groups is 1. The van der Waals surface area contributed by atoms with Gasteiger partial charge in [0, 0.05) is 29.5 Å². The van der Waals surface area contributed by atoms with Crippen LogP contribution in [0.5, 0.6) is 23.0 Å². The number of hydrogen-bond donors (Lipinski definition) is 2. The van der Waals surface area contributed by atoms with E-state index < -0.39 is 6.03 Å². The predicted octanol–water partition coefficient (Wildman–Crippen LogP) is 5.21. The first-order valence-electron chi connectivity index (χ1n) is 10.6. The lowest BCUT2D eigenvalue weighted by molar-refractivity contribution is -0.109. The maximum atomic E-state index is 12.8. The number of hydrazine groups is 1. The van der Waals surface area contributed by atoms with E-state index >= 15 is 0 Å². The topological polar surface area (TPSA) is 115 Å². The summed E-state index contributed by atoms with van der Waals surface area (Å²) in [6, 6.07) is 13.3. The lowest BCUT2D eigenvalue weighted by atomic mass is 10.2. The monoisotopic (exact) mass is 551 g/mol. The smallest absolute Gasteiger partial charge is 0.346 e. The van der Waals surface area contributed by atoms with Crippen LogP contribution in [0.25, 0.3) is 10.9 Å². The van der Waals surface area contributed by atoms with Crippen LogP contribution in [0.4, 0.5) is 16.3 Å². The van der Waals surface area contributed by atoms with Crippen LogP contribution >= 0.6 is 15.9 Å². The maximum Gasteiger partial charge on any atom is 0.346 e. The third kappa shape index (κ3) is 5.31. The summed E-state index contributed by atoms with van der Waals surface area (Å²) < 4.78 is 17.4. The van der Waals surface area contributed by atoms with Gasteiger partial charge in [-0.05, 0) is 70.9 Å². The fraction of sp³-hybridized carbons (Fsp3) is 0.120. The van der Waals surface area contributed by atoms with Crippen molar-refractivity contribution in [2.75, 3.05) is 24.5 Å². The summed E-state index contributed by atoms with van der Waals surface area (Å²) in [5.74, 6) is 2.49. The molecule has 0 aliphatic rings. The number of aromatic nitrogens is 2. The van der Waals surface area contributed by atoms with Crippen LogP contribution in [0.15, 0.2) is 65.4 Å². The number of carbonyl (C=O) groups excluding carboxylic acids is 2. The van der Waals surface area contributed by atoms with Gasteiger partial charge >= 0.3 is 6.03 Å². The number of ether oxygens (including phenoxy) is 3. The number of carbonyl (C=O) groups is 2. The highest BCUT2D eigenvalue weighted by molar-refractivity contribution is 9.10. The Morgan fingerprint density at radius 1 is 1.00 bits per heavy atom. The van der Waals surface area contributed by atoms with E-state index in [1.54, 1.807) is 75.1 Å². The number of rotatable bonds is 8. The molecule has 0 spiro atoms. The number of pyridine rings is 2. The van der Waals surface area contributed by atoms with Crippen LogP contribution in [0.1, 0.15) is 5.56 Å². The molecule has 184 valence electrons. The van der Waals surface area contributed by atoms with Crippen LogP contribution in [0, 0.1) is 6.92 Å². The third-order valence-electron chi connectivity index (χ3n) is 5.10. The van der Waals surface area contributed by atoms with Crippen molar-refractivity contribution < 1.29 is 23.8 Å². The van der Waals surface area contributed by atoms with Gasteiger partial charge in [0.1, 0.15) is 11.5 Å². The molecule has 0 saturated heterocycles. The van der Waals surface area contributed by atoms with Gasteiger partial charge in [-0.2, -0.15) is 5.01 Å². The molecule has 0 aliphatic heterocycles. The molecule has 0 saturated carbocycles. The molecule has 2 aromatic carbocycles. The number of anilines is 2. The van der Waals surface area contributed by atoms with Crippen molar-refractivity contribution in [3.05, 3.63) is 71.0 Å². The number of halogens is 1. The van der Waals surface area contributed by atoms with Gasteiger partial charge in [-0.15, -0.1) is 0 Å². The molecule has 10 nitrogen and oxygen atoms in total. The van der Waals surface area contributed by atoms with Crippen molar-refractivity contribution in [3.63, 3.8) is 0 Å². The largest absolute Gasteiger partial charge is 0.493 e. The molecule has 0 unspecified atom stereocenters. The van der Waals surface area contributed by atoms with E-state index in [1.807, 2.05) is 6.92 Å². The highest BCUT2D eigenvalue weighted by atomic mass is 79.9. The number of amides is 3. The maximum absolute atomic E-state index is 12.8. The SMILES string of the molecule is COc1cc2nccc(Oc3ccc(NC(=O)N(NC=O)c4ncc(C)cc4Br)cc3)c2cc1OC. The van der Waals surface area contributed by atoms with Crippen molar-refractivity contribution in [1.82, 2.24) is 15.4 Å². The van der Waals surface area contributed by atoms with E-state index in [9.17, 15) is 9.59 Å². The van der Waals surface area contributed by atoms with Gasteiger partial charge in [-0.3, -0.25) is 15.2 Å². The molecule has 2 heterocycles. The number of methoxy groups -OCH3 is 2. The van der Waals surface area contributed by atoms with E-state index in [2.05, 4.69) is 36.6 Å². The van der Waals surface area contributed by atoms with Gasteiger partial charge < -0.3 is 19.5 Å². The lowest BCUT2D eigenvalue weighted by Gasteiger charge is -2.21. The molecule has 2 aromatic heterocycles. The number of aryl methyl sites for hydroxylation is 1. The molecule has 0 aliphatic carbocycles. The molecule has 3 amide bonds. The van der Waals surface area contributed by atoms with Gasteiger partial charge in [0.15, 0.2) is 17.3 Å². The van der Waals surface area contributed by atoms with Crippen molar-refractivity contribution in [3.8, 4) is 23.0 Å². The number of nitrogens with one attached hydrogen (secondary N) is 2. The van der Waals surface area contributed by atoms with E-state index in [1.165, 1.54) is 0 Å². The molecular formula is C25H22BrN5O5. The zero-order valence-corrected chi connectivity index (χ0v) is 21.2. The number of fused-ring (bicyclic) bond motifs is 1. The first kappa shape index (κ1) is 24.7. The Hall–Kier alpha value is -4.38. The second-order valence-electron chi connectivity index (χ2n) is 7.49. The average Bonchev–Trinajstić information content (AvgIpc) is 2.88. The van der Waals surface area contributed by atoms with E-state index in [0.29, 0.717) is 45.1 Å². The van der Waals surface area contributed by atoms with E-state index in [-0.39, 0.29) is 5.82 Å². The number of nitrogens with zero attached hydrogens (tertiary/aromatic N) is 3. The fourth-order valence-electron chi connectivity index (χ4n) is 3.41. The van der Waals surface area contributed by atoms with Crippen LogP contribution in [0.2, 0.25) is 0 Å². The highest BCUT2D eigenvalue weighted by Gasteiger charge is 2.20. The Bertz CT molecular complexity index is 1410. The Morgan fingerprint density at radius 3 is 2.39 bits per heavy atom. The van der Waals surface area contributed by atoms with Gasteiger partial charge in [0.25, 0.3) is 0 Å². The standard InChI is InChI=1S/C25H22BrN5O5/c1-15-10-19(26)24(28-13-15)31(29-14-32)25(33)30-16-4-6-17(7-5-16)36-21-8-9-27-20-12-23(35-3)22(34-2)11-18(20)21/h4-14H,1-3H3,(H,29,32)(H,30,33). The lowest BCUT2D eigenvalue weighted by Crippen LogP contribution is -2.45. The fourth-order valence-corrected chi connectivity index (χ4v) is 4.05. The first-order valence-corrected chi connectivity index (χ1v) is 11.4. The molecule has 0 atom stereocenters. The van der Waals surface area contributed by atoms with Gasteiger partial charge in [0.2, 0.25) is 6.41 Å². The molecule has 0 fully saturated rings. The van der Waals surface area contributed by atoms with Crippen LogP contribution < -0.4 is 30.0 Å². The Labute approximate surface area is 215 Å². The summed E-state index contributed by atoms with van der Waals surface area (Å²) in [5.41, 5.74) is 4.42. The Morgan fingerprint density at radius 2 is 1.72 bits per heavy atom. The van der Waals surface area contributed by atoms with Crippen LogP contribution in [-0.2, 0) is 4.79 Å². The van der Waals surface area contributed by atoms with Crippen LogP contribution in [0.3, 0.4) is 0 Å². The summed E-state index contributed by atoms with van der Waals surface area (Å²) in [6.45, 7) is 1.87. The zero-order valence-electron chi connectivity index (χ0n) is 19.6. The highest BCUT2D eigenvalue weighted by Crippen LogP contribution is 2.37. The molecular weight excluding hydrogens is 530 g/mol. The molecule has 0 bridgehead atoms. The summed E-state index contributed by atoms with van der Waals surface area (Å²) in [6.07, 6.45) is 3.63. The quantitative estimate of drug-likeness (QED) is 0.228. The summed E-state index contributed by atoms with van der Waals surface area (Å²) >= 11 is 3.37. The molecule has 4 aromatic rings. The molecule has 11 heteroatoms. The molecule has 0 radical (unpaired) electrons. The Balaban J connectivity index is 1.52. The third-order valence-corrected chi connectivity index (χ3v) is 5.68. The minimum Gasteiger partial charge on any atom is -0.493 e. The number of benzene rings is 2. The normalized spacial score (nSPS) is 10.4. The Kier molecular flexibility index (Phi) is 7.50. The van der Waals surface area contributed by atoms with Crippen molar-refractivity contribution in [2.45, 2.75) is 6.92 Å². The first-order chi connectivity index (χ1) is 17.4. The summed E-state index contributed by atoms with van der Waals surface area (Å²) in [5, 5.41) is 4.48. The molecule has 36 heavy (non-hydrogen) atoms. The van der Waals surface area contributed by atoms with Gasteiger partial charge in [0.05, 0.1) is 24.2 Å². The zero-order chi connectivity index (χ0) is 25.7. The van der Waals surface area contributed by atoms with Crippen molar-refractivity contribution in [1.29, 1.82) is 0 Å². The van der Waals surface area contributed by atoms with Crippen LogP contribution in [-0.4, -0.2) is 36.6 Å². The average molecular weight is 552 g/mol. The van der Waals surface area contributed by atoms with Crippen molar-refractivity contribution in [2.24, 2.45) is 0 Å². The second-order valence-corrected chi connectivity index (χ2v) is 8.34. The molecule has 4 rings (SSSR count).